The second kappa shape index (κ2) is 6.13. The zero-order chi connectivity index (χ0) is 17.2. The molecule has 0 fully saturated rings. The Bertz CT molecular complexity index is 896. The molecule has 2 aromatic carbocycles. The lowest BCUT2D eigenvalue weighted by molar-refractivity contribution is -0.144. The van der Waals surface area contributed by atoms with Gasteiger partial charge in [0.1, 0.15) is 0 Å². The Morgan fingerprint density at radius 1 is 0.875 bits per heavy atom. The highest BCUT2D eigenvalue weighted by atomic mass is 19.4. The van der Waals surface area contributed by atoms with E-state index < -0.39 is 12.0 Å². The maximum absolute atomic E-state index is 13.0. The smallest absolute Gasteiger partial charge is 0.238 e. The first kappa shape index (κ1) is 15.7. The number of aromatic nitrogens is 2. The minimum atomic E-state index is -4.62. The van der Waals surface area contributed by atoms with Gasteiger partial charge in [-0.2, -0.15) is 13.2 Å². The third kappa shape index (κ3) is 3.10. The average Bonchev–Trinajstić information content (AvgIpc) is 2.61. The van der Waals surface area contributed by atoms with Crippen LogP contribution in [0.5, 0.6) is 0 Å². The number of benzene rings is 2. The van der Waals surface area contributed by atoms with E-state index in [-0.39, 0.29) is 5.69 Å². The standard InChI is InChI=1S/C18H10F3N3/c1-22-14-9-7-12(8-10-14)15-11-23-17(18(19,20)21)24-16(15)13-5-3-2-4-6-13/h2-11H. The summed E-state index contributed by atoms with van der Waals surface area (Å²) in [6.45, 7) is 6.97. The maximum Gasteiger partial charge on any atom is 0.451 e. The first-order chi connectivity index (χ1) is 11.5. The van der Waals surface area contributed by atoms with Gasteiger partial charge >= 0.3 is 6.18 Å². The Labute approximate surface area is 136 Å². The summed E-state index contributed by atoms with van der Waals surface area (Å²) in [5.41, 5.74) is 2.34. The summed E-state index contributed by atoms with van der Waals surface area (Å²) in [5, 5.41) is 0. The number of rotatable bonds is 2. The second-order valence-electron chi connectivity index (χ2n) is 4.98. The minimum Gasteiger partial charge on any atom is -0.238 e. The quantitative estimate of drug-likeness (QED) is 0.592. The van der Waals surface area contributed by atoms with E-state index in [4.69, 9.17) is 6.57 Å². The molecule has 0 N–H and O–H groups in total. The summed E-state index contributed by atoms with van der Waals surface area (Å²) < 4.78 is 38.9. The molecule has 0 radical (unpaired) electrons. The fourth-order valence-corrected chi connectivity index (χ4v) is 2.26. The van der Waals surface area contributed by atoms with Gasteiger partial charge in [-0.25, -0.2) is 14.8 Å². The molecule has 1 heterocycles. The van der Waals surface area contributed by atoms with Gasteiger partial charge in [0.15, 0.2) is 5.69 Å². The van der Waals surface area contributed by atoms with Crippen molar-refractivity contribution >= 4 is 5.69 Å². The highest BCUT2D eigenvalue weighted by molar-refractivity contribution is 5.80. The molecule has 6 heteroatoms. The predicted molar refractivity (Wildman–Crippen MR) is 84.2 cm³/mol. The molecular weight excluding hydrogens is 315 g/mol. The molecular formula is C18H10F3N3. The monoisotopic (exact) mass is 325 g/mol. The summed E-state index contributed by atoms with van der Waals surface area (Å²) in [7, 11) is 0. The molecule has 0 bridgehead atoms. The van der Waals surface area contributed by atoms with Crippen LogP contribution >= 0.6 is 0 Å². The number of hydrogen-bond acceptors (Lipinski definition) is 2. The van der Waals surface area contributed by atoms with Gasteiger partial charge in [0.05, 0.1) is 12.3 Å². The van der Waals surface area contributed by atoms with Crippen LogP contribution in [0.1, 0.15) is 5.82 Å². The predicted octanol–water partition coefficient (Wildman–Crippen LogP) is 5.38. The Morgan fingerprint density at radius 3 is 2.12 bits per heavy atom. The van der Waals surface area contributed by atoms with Crippen LogP contribution in [0.15, 0.2) is 60.8 Å². The fraction of sp³-hybridized carbons (Fsp3) is 0.0556. The number of alkyl halides is 3. The van der Waals surface area contributed by atoms with Gasteiger partial charge in [0.25, 0.3) is 0 Å². The Hall–Kier alpha value is -3.20. The first-order valence-electron chi connectivity index (χ1n) is 6.96. The van der Waals surface area contributed by atoms with Gasteiger partial charge in [0.2, 0.25) is 5.82 Å². The summed E-state index contributed by atoms with van der Waals surface area (Å²) in [4.78, 5) is 10.5. The number of halogens is 3. The van der Waals surface area contributed by atoms with Crippen LogP contribution in [0.4, 0.5) is 18.9 Å². The van der Waals surface area contributed by atoms with E-state index in [1.165, 1.54) is 6.20 Å². The van der Waals surface area contributed by atoms with Gasteiger partial charge in [0, 0.05) is 17.3 Å². The highest BCUT2D eigenvalue weighted by Gasteiger charge is 2.35. The topological polar surface area (TPSA) is 30.1 Å². The van der Waals surface area contributed by atoms with Gasteiger partial charge in [-0.05, 0) is 5.56 Å². The van der Waals surface area contributed by atoms with Crippen LogP contribution in [-0.2, 0) is 6.18 Å². The van der Waals surface area contributed by atoms with E-state index in [1.807, 2.05) is 0 Å². The lowest BCUT2D eigenvalue weighted by atomic mass is 10.0. The lowest BCUT2D eigenvalue weighted by Gasteiger charge is -2.12. The lowest BCUT2D eigenvalue weighted by Crippen LogP contribution is -2.12. The SMILES string of the molecule is [C-]#[N+]c1ccc(-c2cnc(C(F)(F)F)nc2-c2ccccc2)cc1. The van der Waals surface area contributed by atoms with Crippen LogP contribution in [0.2, 0.25) is 0 Å². The molecule has 3 rings (SSSR count). The number of hydrogen-bond donors (Lipinski definition) is 0. The molecule has 118 valence electrons. The Balaban J connectivity index is 2.20. The fourth-order valence-electron chi connectivity index (χ4n) is 2.26. The molecule has 0 unspecified atom stereocenters. The van der Waals surface area contributed by atoms with E-state index in [1.54, 1.807) is 54.6 Å². The van der Waals surface area contributed by atoms with Crippen molar-refractivity contribution in [3.63, 3.8) is 0 Å². The molecule has 0 aliphatic carbocycles. The van der Waals surface area contributed by atoms with Crippen LogP contribution in [-0.4, -0.2) is 9.97 Å². The number of nitrogens with zero attached hydrogens (tertiary/aromatic N) is 3. The van der Waals surface area contributed by atoms with Crippen LogP contribution in [0.3, 0.4) is 0 Å². The molecule has 0 amide bonds. The van der Waals surface area contributed by atoms with Gasteiger partial charge in [-0.1, -0.05) is 54.6 Å². The van der Waals surface area contributed by atoms with Crippen molar-refractivity contribution in [1.29, 1.82) is 0 Å². The van der Waals surface area contributed by atoms with Gasteiger partial charge in [-0.15, -0.1) is 0 Å². The second-order valence-corrected chi connectivity index (χ2v) is 4.98. The molecule has 0 spiro atoms. The van der Waals surface area contributed by atoms with Crippen molar-refractivity contribution in [3.8, 4) is 22.4 Å². The average molecular weight is 325 g/mol. The van der Waals surface area contributed by atoms with Crippen molar-refractivity contribution < 1.29 is 13.2 Å². The molecule has 1 aromatic heterocycles. The summed E-state index contributed by atoms with van der Waals surface area (Å²) >= 11 is 0. The van der Waals surface area contributed by atoms with Crippen LogP contribution < -0.4 is 0 Å². The summed E-state index contributed by atoms with van der Waals surface area (Å²) in [6.07, 6.45) is -3.44. The van der Waals surface area contributed by atoms with Crippen molar-refractivity contribution in [2.45, 2.75) is 6.18 Å². The third-order valence-corrected chi connectivity index (χ3v) is 3.40. The summed E-state index contributed by atoms with van der Waals surface area (Å²) in [6, 6.07) is 15.2. The van der Waals surface area contributed by atoms with Crippen LogP contribution in [0.25, 0.3) is 27.2 Å². The third-order valence-electron chi connectivity index (χ3n) is 3.40. The van der Waals surface area contributed by atoms with Crippen molar-refractivity contribution in [2.75, 3.05) is 0 Å². The Kier molecular flexibility index (Phi) is 4.00. The highest BCUT2D eigenvalue weighted by Crippen LogP contribution is 2.34. The Morgan fingerprint density at radius 2 is 1.54 bits per heavy atom. The van der Waals surface area contributed by atoms with E-state index in [9.17, 15) is 13.2 Å². The molecule has 0 atom stereocenters. The molecule has 0 saturated carbocycles. The van der Waals surface area contributed by atoms with E-state index in [0.717, 1.165) is 0 Å². The maximum atomic E-state index is 13.0. The molecule has 24 heavy (non-hydrogen) atoms. The summed E-state index contributed by atoms with van der Waals surface area (Å²) in [5.74, 6) is -1.18. The van der Waals surface area contributed by atoms with Gasteiger partial charge < -0.3 is 0 Å². The van der Waals surface area contributed by atoms with Gasteiger partial charge in [-0.3, -0.25) is 0 Å². The van der Waals surface area contributed by atoms with E-state index in [2.05, 4.69) is 14.8 Å². The van der Waals surface area contributed by atoms with Crippen molar-refractivity contribution in [2.24, 2.45) is 0 Å². The molecule has 0 aliphatic heterocycles. The van der Waals surface area contributed by atoms with Crippen LogP contribution in [0, 0.1) is 6.57 Å². The van der Waals surface area contributed by atoms with E-state index in [0.29, 0.717) is 22.4 Å². The molecule has 3 aromatic rings. The van der Waals surface area contributed by atoms with Crippen molar-refractivity contribution in [1.82, 2.24) is 9.97 Å². The first-order valence-corrected chi connectivity index (χ1v) is 6.96. The molecule has 0 saturated heterocycles. The minimum absolute atomic E-state index is 0.202. The van der Waals surface area contributed by atoms with Crippen molar-refractivity contribution in [3.05, 3.63) is 78.0 Å². The van der Waals surface area contributed by atoms with E-state index >= 15 is 0 Å². The molecule has 0 aliphatic rings. The normalized spacial score (nSPS) is 11.1. The zero-order valence-electron chi connectivity index (χ0n) is 12.2. The largest absolute Gasteiger partial charge is 0.451 e. The molecule has 3 nitrogen and oxygen atoms in total. The zero-order valence-corrected chi connectivity index (χ0v) is 12.2.